The van der Waals surface area contributed by atoms with Gasteiger partial charge in [0.1, 0.15) is 18.2 Å². The lowest BCUT2D eigenvalue weighted by Gasteiger charge is -2.11. The summed E-state index contributed by atoms with van der Waals surface area (Å²) in [5.74, 6) is 0.0336. The Morgan fingerprint density at radius 3 is 2.56 bits per heavy atom. The summed E-state index contributed by atoms with van der Waals surface area (Å²) in [6.07, 6.45) is 1.71. The number of carbonyl (C=O) groups is 1. The fourth-order valence-corrected chi connectivity index (χ4v) is 3.79. The molecule has 3 aromatic carbocycles. The Kier molecular flexibility index (Phi) is 6.51. The summed E-state index contributed by atoms with van der Waals surface area (Å²) in [5.41, 5.74) is 1.97. The number of ether oxygens (including phenoxy) is 2. The van der Waals surface area contributed by atoms with Gasteiger partial charge >= 0.3 is 0 Å². The van der Waals surface area contributed by atoms with E-state index in [1.807, 2.05) is 0 Å². The third-order valence-corrected chi connectivity index (χ3v) is 5.39. The standard InChI is InChI=1S/C24H18F2N2O3S/c1-30-21-12-15(5-10-20(21)31-14-16-3-2-4-18(26)11-16)13-22-23(29)28-24(32-22)27-19-8-6-17(25)7-9-19/h2-13H,14H2,1H3,(H,27,28,29)/b22-13+. The van der Waals surface area contributed by atoms with E-state index in [0.717, 1.165) is 5.56 Å². The number of rotatable bonds is 6. The molecule has 0 atom stereocenters. The average molecular weight is 452 g/mol. The van der Waals surface area contributed by atoms with Gasteiger partial charge in [-0.15, -0.1) is 0 Å². The maximum atomic E-state index is 13.3. The van der Waals surface area contributed by atoms with E-state index in [1.54, 1.807) is 36.4 Å². The van der Waals surface area contributed by atoms with Gasteiger partial charge in [0.25, 0.3) is 5.91 Å². The van der Waals surface area contributed by atoms with Crippen molar-refractivity contribution in [1.29, 1.82) is 0 Å². The van der Waals surface area contributed by atoms with Gasteiger partial charge in [-0.05, 0) is 77.5 Å². The maximum absolute atomic E-state index is 13.3. The predicted octanol–water partition coefficient (Wildman–Crippen LogP) is 5.44. The zero-order valence-electron chi connectivity index (χ0n) is 17.0. The number of amides is 1. The van der Waals surface area contributed by atoms with Crippen LogP contribution in [-0.2, 0) is 11.4 Å². The summed E-state index contributed by atoms with van der Waals surface area (Å²) >= 11 is 1.19. The molecule has 5 nitrogen and oxygen atoms in total. The first-order valence-corrected chi connectivity index (χ1v) is 10.4. The second-order valence-electron chi connectivity index (χ2n) is 6.79. The molecule has 1 aliphatic rings. The number of benzene rings is 3. The molecule has 32 heavy (non-hydrogen) atoms. The third kappa shape index (κ3) is 5.33. The van der Waals surface area contributed by atoms with Crippen molar-refractivity contribution >= 4 is 34.6 Å². The Labute approximate surface area is 187 Å². The number of thioether (sulfide) groups is 1. The summed E-state index contributed by atoms with van der Waals surface area (Å²) < 4.78 is 37.6. The van der Waals surface area contributed by atoms with E-state index in [2.05, 4.69) is 10.3 Å². The van der Waals surface area contributed by atoms with Crippen molar-refractivity contribution in [2.24, 2.45) is 4.99 Å². The molecular weight excluding hydrogens is 434 g/mol. The van der Waals surface area contributed by atoms with Crippen molar-refractivity contribution in [2.45, 2.75) is 6.61 Å². The van der Waals surface area contributed by atoms with Crippen LogP contribution in [0.3, 0.4) is 0 Å². The number of aliphatic imine (C=N–C) groups is 1. The first-order chi connectivity index (χ1) is 15.5. The minimum absolute atomic E-state index is 0.190. The molecule has 1 N–H and O–H groups in total. The number of carbonyl (C=O) groups excluding carboxylic acids is 1. The minimum Gasteiger partial charge on any atom is -0.493 e. The molecule has 0 bridgehead atoms. The molecule has 4 rings (SSSR count). The van der Waals surface area contributed by atoms with Crippen molar-refractivity contribution in [3.05, 3.63) is 94.4 Å². The smallest absolute Gasteiger partial charge is 0.264 e. The molecule has 162 valence electrons. The van der Waals surface area contributed by atoms with Crippen molar-refractivity contribution in [3.8, 4) is 11.5 Å². The van der Waals surface area contributed by atoms with E-state index >= 15 is 0 Å². The van der Waals surface area contributed by atoms with Gasteiger partial charge in [-0.3, -0.25) is 4.79 Å². The van der Waals surface area contributed by atoms with Crippen LogP contribution in [0.25, 0.3) is 6.08 Å². The highest BCUT2D eigenvalue weighted by Gasteiger charge is 2.24. The Bertz CT molecular complexity index is 1210. The van der Waals surface area contributed by atoms with Gasteiger partial charge in [0, 0.05) is 0 Å². The first-order valence-electron chi connectivity index (χ1n) is 9.60. The largest absolute Gasteiger partial charge is 0.493 e. The van der Waals surface area contributed by atoms with Crippen molar-refractivity contribution in [2.75, 3.05) is 7.11 Å². The monoisotopic (exact) mass is 452 g/mol. The summed E-state index contributed by atoms with van der Waals surface area (Å²) in [6, 6.07) is 17.1. The van der Waals surface area contributed by atoms with Crippen molar-refractivity contribution in [3.63, 3.8) is 0 Å². The Hall–Kier alpha value is -3.65. The van der Waals surface area contributed by atoms with Gasteiger partial charge in [0.2, 0.25) is 0 Å². The number of amidine groups is 1. The fourth-order valence-electron chi connectivity index (χ4n) is 2.95. The number of hydrogen-bond acceptors (Lipinski definition) is 5. The predicted molar refractivity (Wildman–Crippen MR) is 121 cm³/mol. The molecule has 1 fully saturated rings. The van der Waals surface area contributed by atoms with Gasteiger partial charge in [-0.25, -0.2) is 13.8 Å². The van der Waals surface area contributed by atoms with Crippen molar-refractivity contribution < 1.29 is 23.0 Å². The molecule has 0 spiro atoms. The second kappa shape index (κ2) is 9.65. The number of hydrogen-bond donors (Lipinski definition) is 1. The van der Waals surface area contributed by atoms with E-state index in [0.29, 0.717) is 32.8 Å². The average Bonchev–Trinajstić information content (AvgIpc) is 3.12. The quantitative estimate of drug-likeness (QED) is 0.506. The zero-order valence-corrected chi connectivity index (χ0v) is 17.8. The van der Waals surface area contributed by atoms with Gasteiger partial charge in [-0.1, -0.05) is 18.2 Å². The van der Waals surface area contributed by atoms with Crippen LogP contribution < -0.4 is 14.8 Å². The molecule has 1 amide bonds. The summed E-state index contributed by atoms with van der Waals surface area (Å²) in [6.45, 7) is 0.190. The highest BCUT2D eigenvalue weighted by atomic mass is 32.2. The van der Waals surface area contributed by atoms with Crippen LogP contribution in [0.1, 0.15) is 11.1 Å². The van der Waals surface area contributed by atoms with Crippen molar-refractivity contribution in [1.82, 2.24) is 5.32 Å². The van der Waals surface area contributed by atoms with Gasteiger partial charge in [-0.2, -0.15) is 0 Å². The molecule has 0 unspecified atom stereocenters. The van der Waals surface area contributed by atoms with Crippen LogP contribution in [0.15, 0.2) is 76.6 Å². The van der Waals surface area contributed by atoms with Crippen LogP contribution in [0.4, 0.5) is 14.5 Å². The molecule has 0 radical (unpaired) electrons. The fraction of sp³-hybridized carbons (Fsp3) is 0.0833. The van der Waals surface area contributed by atoms with E-state index < -0.39 is 0 Å². The molecule has 0 aromatic heterocycles. The molecule has 0 aliphatic carbocycles. The second-order valence-corrected chi connectivity index (χ2v) is 7.82. The molecule has 1 saturated heterocycles. The zero-order chi connectivity index (χ0) is 22.5. The number of nitrogens with one attached hydrogen (secondary N) is 1. The Morgan fingerprint density at radius 1 is 1.00 bits per heavy atom. The maximum Gasteiger partial charge on any atom is 0.264 e. The van der Waals surface area contributed by atoms with Gasteiger partial charge < -0.3 is 14.8 Å². The summed E-state index contributed by atoms with van der Waals surface area (Å²) in [4.78, 5) is 17.1. The molecule has 1 heterocycles. The first kappa shape index (κ1) is 21.6. The van der Waals surface area contributed by atoms with Crippen LogP contribution in [0, 0.1) is 11.6 Å². The molecule has 3 aromatic rings. The Balaban J connectivity index is 1.48. The highest BCUT2D eigenvalue weighted by molar-refractivity contribution is 8.18. The highest BCUT2D eigenvalue weighted by Crippen LogP contribution is 2.32. The molecular formula is C24H18F2N2O3S. The van der Waals surface area contributed by atoms with E-state index in [1.165, 1.54) is 55.3 Å². The normalized spacial score (nSPS) is 15.8. The Morgan fingerprint density at radius 2 is 1.81 bits per heavy atom. The third-order valence-electron chi connectivity index (χ3n) is 4.48. The number of halogens is 2. The minimum atomic E-state index is -0.352. The topological polar surface area (TPSA) is 59.9 Å². The molecule has 1 aliphatic heterocycles. The molecule has 8 heteroatoms. The van der Waals surface area contributed by atoms with Crippen LogP contribution in [0.2, 0.25) is 0 Å². The van der Waals surface area contributed by atoms with E-state index in [9.17, 15) is 13.6 Å². The van der Waals surface area contributed by atoms with Gasteiger partial charge in [0.05, 0.1) is 17.7 Å². The SMILES string of the molecule is COc1cc(/C=C2/SC(=Nc3ccc(F)cc3)NC2=O)ccc1OCc1cccc(F)c1. The molecule has 0 saturated carbocycles. The summed E-state index contributed by atoms with van der Waals surface area (Å²) in [7, 11) is 1.52. The number of methoxy groups -OCH3 is 1. The summed E-state index contributed by atoms with van der Waals surface area (Å²) in [5, 5.41) is 3.11. The van der Waals surface area contributed by atoms with Crippen LogP contribution in [0.5, 0.6) is 11.5 Å². The lowest BCUT2D eigenvalue weighted by molar-refractivity contribution is -0.115. The number of nitrogens with zero attached hydrogens (tertiary/aromatic N) is 1. The van der Waals surface area contributed by atoms with Crippen LogP contribution in [-0.4, -0.2) is 18.2 Å². The lowest BCUT2D eigenvalue weighted by atomic mass is 10.2. The van der Waals surface area contributed by atoms with Crippen LogP contribution >= 0.6 is 11.8 Å². The lowest BCUT2D eigenvalue weighted by Crippen LogP contribution is -2.19. The van der Waals surface area contributed by atoms with E-state index in [4.69, 9.17) is 9.47 Å². The van der Waals surface area contributed by atoms with E-state index in [-0.39, 0.29) is 24.1 Å². The van der Waals surface area contributed by atoms with Gasteiger partial charge in [0.15, 0.2) is 16.7 Å².